The molecule has 0 heterocycles. The Bertz CT molecular complexity index is 650. The van der Waals surface area contributed by atoms with Crippen LogP contribution in [0.5, 0.6) is 11.5 Å². The minimum absolute atomic E-state index is 0.0174. The number of carbonyl (C=O) groups is 1. The number of phenolic OH excluding ortho intramolecular Hbond substituents is 2. The summed E-state index contributed by atoms with van der Waals surface area (Å²) in [5, 5.41) is 22.8. The number of ether oxygens (including phenoxy) is 1. The lowest BCUT2D eigenvalue weighted by atomic mass is 10.0. The third-order valence-corrected chi connectivity index (χ3v) is 2.59. The van der Waals surface area contributed by atoms with Crippen molar-refractivity contribution in [2.75, 3.05) is 7.11 Å². The predicted octanol–water partition coefficient (Wildman–Crippen LogP) is 2.44. The molecule has 0 saturated carbocycles. The van der Waals surface area contributed by atoms with E-state index in [1.165, 1.54) is 31.4 Å². The van der Waals surface area contributed by atoms with Gasteiger partial charge in [-0.3, -0.25) is 0 Å². The molecular weight excluding hydrogens is 238 g/mol. The second-order valence-electron chi connectivity index (χ2n) is 3.61. The first-order chi connectivity index (χ1) is 8.58. The molecule has 6 nitrogen and oxygen atoms in total. The summed E-state index contributed by atoms with van der Waals surface area (Å²) in [6, 6.07) is 5.39. The number of nitroso groups, excluding NO2 is 1. The van der Waals surface area contributed by atoms with Crippen molar-refractivity contribution >= 4 is 22.4 Å². The second-order valence-corrected chi connectivity index (χ2v) is 3.61. The molecule has 2 aromatic rings. The standard InChI is InChI=1S/C12H9NO5/c1-18-12(16)8-4-6-2-3-9(13-17)11(15)7(6)5-10(8)14/h2-5,14-15H,1H3. The van der Waals surface area contributed by atoms with Gasteiger partial charge in [0.1, 0.15) is 17.0 Å². The maximum atomic E-state index is 11.4. The Morgan fingerprint density at radius 3 is 2.61 bits per heavy atom. The number of nitrogens with zero attached hydrogens (tertiary/aromatic N) is 1. The van der Waals surface area contributed by atoms with Crippen molar-refractivity contribution in [1.29, 1.82) is 0 Å². The summed E-state index contributed by atoms with van der Waals surface area (Å²) in [4.78, 5) is 21.8. The molecule has 0 amide bonds. The number of phenols is 2. The number of esters is 1. The summed E-state index contributed by atoms with van der Waals surface area (Å²) >= 11 is 0. The zero-order valence-corrected chi connectivity index (χ0v) is 9.38. The van der Waals surface area contributed by atoms with E-state index in [1.54, 1.807) is 0 Å². The highest BCUT2D eigenvalue weighted by Gasteiger charge is 2.15. The van der Waals surface area contributed by atoms with Crippen molar-refractivity contribution in [3.8, 4) is 11.5 Å². The number of carbonyl (C=O) groups excluding carboxylic acids is 1. The quantitative estimate of drug-likeness (QED) is 0.627. The van der Waals surface area contributed by atoms with Gasteiger partial charge in [-0.25, -0.2) is 4.79 Å². The summed E-state index contributed by atoms with van der Waals surface area (Å²) in [5.74, 6) is -1.37. The van der Waals surface area contributed by atoms with Gasteiger partial charge in [0.15, 0.2) is 5.75 Å². The zero-order chi connectivity index (χ0) is 13.3. The molecule has 0 aromatic heterocycles. The number of rotatable bonds is 2. The monoisotopic (exact) mass is 247 g/mol. The van der Waals surface area contributed by atoms with Crippen LogP contribution in [0.2, 0.25) is 0 Å². The molecule has 18 heavy (non-hydrogen) atoms. The van der Waals surface area contributed by atoms with Gasteiger partial charge in [-0.1, -0.05) is 6.07 Å². The fraction of sp³-hybridized carbons (Fsp3) is 0.0833. The molecule has 2 N–H and O–H groups in total. The molecule has 0 spiro atoms. The first-order valence-corrected chi connectivity index (χ1v) is 4.99. The molecule has 6 heteroatoms. The van der Waals surface area contributed by atoms with Crippen LogP contribution in [0, 0.1) is 4.91 Å². The van der Waals surface area contributed by atoms with Gasteiger partial charge in [-0.05, 0) is 28.8 Å². The zero-order valence-electron chi connectivity index (χ0n) is 9.38. The molecule has 0 saturated heterocycles. The van der Waals surface area contributed by atoms with Crippen molar-refractivity contribution in [2.24, 2.45) is 5.18 Å². The number of fused-ring (bicyclic) bond motifs is 1. The van der Waals surface area contributed by atoms with Crippen molar-refractivity contribution in [3.05, 3.63) is 34.7 Å². The highest BCUT2D eigenvalue weighted by atomic mass is 16.5. The van der Waals surface area contributed by atoms with Crippen molar-refractivity contribution in [3.63, 3.8) is 0 Å². The lowest BCUT2D eigenvalue weighted by Gasteiger charge is -2.07. The first-order valence-electron chi connectivity index (χ1n) is 4.99. The number of methoxy groups -OCH3 is 1. The minimum Gasteiger partial charge on any atom is -0.507 e. The van der Waals surface area contributed by atoms with Crippen LogP contribution < -0.4 is 0 Å². The molecule has 0 aliphatic rings. The molecule has 92 valence electrons. The molecule has 2 aromatic carbocycles. The maximum Gasteiger partial charge on any atom is 0.341 e. The van der Waals surface area contributed by atoms with Gasteiger partial charge < -0.3 is 14.9 Å². The lowest BCUT2D eigenvalue weighted by molar-refractivity contribution is 0.0597. The second kappa shape index (κ2) is 4.33. The van der Waals surface area contributed by atoms with Crippen LogP contribution in [0.1, 0.15) is 10.4 Å². The Balaban J connectivity index is 2.75. The van der Waals surface area contributed by atoms with E-state index in [0.717, 1.165) is 0 Å². The molecule has 0 atom stereocenters. The highest BCUT2D eigenvalue weighted by Crippen LogP contribution is 2.37. The predicted molar refractivity (Wildman–Crippen MR) is 64.1 cm³/mol. The van der Waals surface area contributed by atoms with Crippen molar-refractivity contribution in [2.45, 2.75) is 0 Å². The van der Waals surface area contributed by atoms with E-state index in [9.17, 15) is 19.9 Å². The summed E-state index contributed by atoms with van der Waals surface area (Å²) < 4.78 is 4.51. The van der Waals surface area contributed by atoms with Gasteiger partial charge in [0, 0.05) is 5.39 Å². The number of hydrogen-bond acceptors (Lipinski definition) is 6. The van der Waals surface area contributed by atoms with Crippen LogP contribution in [-0.2, 0) is 4.74 Å². The highest BCUT2D eigenvalue weighted by molar-refractivity contribution is 6.01. The van der Waals surface area contributed by atoms with Gasteiger partial charge in [-0.15, -0.1) is 4.91 Å². The fourth-order valence-electron chi connectivity index (χ4n) is 1.68. The van der Waals surface area contributed by atoms with Gasteiger partial charge in [-0.2, -0.15) is 0 Å². The summed E-state index contributed by atoms with van der Waals surface area (Å²) in [6.45, 7) is 0. The molecule has 0 aliphatic carbocycles. The average molecular weight is 247 g/mol. The molecule has 0 unspecified atom stereocenters. The molecule has 0 aliphatic heterocycles. The molecular formula is C12H9NO5. The number of aromatic hydroxyl groups is 2. The molecule has 2 rings (SSSR count). The SMILES string of the molecule is COC(=O)c1cc2ccc(N=O)c(O)c2cc1O. The van der Waals surface area contributed by atoms with Crippen LogP contribution in [-0.4, -0.2) is 23.3 Å². The van der Waals surface area contributed by atoms with E-state index in [4.69, 9.17) is 0 Å². The summed E-state index contributed by atoms with van der Waals surface area (Å²) in [6.07, 6.45) is 0. The summed E-state index contributed by atoms with van der Waals surface area (Å²) in [5.41, 5.74) is -0.149. The van der Waals surface area contributed by atoms with E-state index >= 15 is 0 Å². The number of hydrogen-bond donors (Lipinski definition) is 2. The Hall–Kier alpha value is -2.63. The van der Waals surface area contributed by atoms with Gasteiger partial charge in [0.2, 0.25) is 0 Å². The largest absolute Gasteiger partial charge is 0.507 e. The topological polar surface area (TPSA) is 96.2 Å². The maximum absolute atomic E-state index is 11.4. The van der Waals surface area contributed by atoms with Crippen LogP contribution >= 0.6 is 0 Å². The normalized spacial score (nSPS) is 10.3. The van der Waals surface area contributed by atoms with Gasteiger partial charge in [0.25, 0.3) is 0 Å². The van der Waals surface area contributed by atoms with Crippen LogP contribution in [0.15, 0.2) is 29.4 Å². The Morgan fingerprint density at radius 1 is 1.28 bits per heavy atom. The van der Waals surface area contributed by atoms with Crippen molar-refractivity contribution < 1.29 is 19.7 Å². The minimum atomic E-state index is -0.688. The Labute approximate surface area is 101 Å². The van der Waals surface area contributed by atoms with E-state index in [0.29, 0.717) is 5.39 Å². The van der Waals surface area contributed by atoms with E-state index in [1.807, 2.05) is 0 Å². The van der Waals surface area contributed by atoms with E-state index in [-0.39, 0.29) is 28.1 Å². The van der Waals surface area contributed by atoms with E-state index in [2.05, 4.69) is 9.91 Å². The van der Waals surface area contributed by atoms with Gasteiger partial charge in [0.05, 0.1) is 7.11 Å². The Morgan fingerprint density at radius 2 is 2.00 bits per heavy atom. The van der Waals surface area contributed by atoms with Crippen LogP contribution in [0.3, 0.4) is 0 Å². The third kappa shape index (κ3) is 1.73. The average Bonchev–Trinajstić information content (AvgIpc) is 2.38. The van der Waals surface area contributed by atoms with E-state index < -0.39 is 5.97 Å². The number of benzene rings is 2. The molecule has 0 radical (unpaired) electrons. The smallest absolute Gasteiger partial charge is 0.341 e. The van der Waals surface area contributed by atoms with Crippen molar-refractivity contribution in [1.82, 2.24) is 0 Å². The molecule has 0 fully saturated rings. The Kier molecular flexibility index (Phi) is 2.85. The third-order valence-electron chi connectivity index (χ3n) is 2.59. The first kappa shape index (κ1) is 11.8. The van der Waals surface area contributed by atoms with Crippen LogP contribution in [0.25, 0.3) is 10.8 Å². The summed E-state index contributed by atoms with van der Waals surface area (Å²) in [7, 11) is 1.20. The molecule has 0 bridgehead atoms. The van der Waals surface area contributed by atoms with Gasteiger partial charge >= 0.3 is 5.97 Å². The van der Waals surface area contributed by atoms with Crippen LogP contribution in [0.4, 0.5) is 5.69 Å². The lowest BCUT2D eigenvalue weighted by Crippen LogP contribution is -2.01. The fourth-order valence-corrected chi connectivity index (χ4v) is 1.68.